The van der Waals surface area contributed by atoms with Crippen LogP contribution in [0, 0.1) is 0 Å². The van der Waals surface area contributed by atoms with Crippen molar-refractivity contribution in [2.75, 3.05) is 20.3 Å². The zero-order chi connectivity index (χ0) is 27.3. The molecule has 0 saturated carbocycles. The highest BCUT2D eigenvalue weighted by molar-refractivity contribution is 5.78. The van der Waals surface area contributed by atoms with E-state index in [-0.39, 0.29) is 5.91 Å². The molecule has 1 amide bonds. The quantitative estimate of drug-likeness (QED) is 0.177. The summed E-state index contributed by atoms with van der Waals surface area (Å²) in [5, 5.41) is 3.04. The van der Waals surface area contributed by atoms with E-state index < -0.39 is 0 Å². The molecule has 4 rings (SSSR count). The minimum Gasteiger partial charge on any atom is -0.493 e. The van der Waals surface area contributed by atoms with Crippen molar-refractivity contribution in [3.63, 3.8) is 0 Å². The Labute approximate surface area is 231 Å². The van der Waals surface area contributed by atoms with Crippen molar-refractivity contribution < 1.29 is 14.3 Å². The third-order valence-electron chi connectivity index (χ3n) is 6.67. The highest BCUT2D eigenvalue weighted by atomic mass is 16.5. The number of para-hydroxylation sites is 2. The van der Waals surface area contributed by atoms with Crippen LogP contribution in [-0.2, 0) is 24.2 Å². The first-order valence-corrected chi connectivity index (χ1v) is 13.9. The number of nitrogens with one attached hydrogen (secondary N) is 1. The van der Waals surface area contributed by atoms with Gasteiger partial charge in [-0.05, 0) is 61.6 Å². The molecule has 0 spiro atoms. The van der Waals surface area contributed by atoms with Crippen LogP contribution >= 0.6 is 0 Å². The second-order valence-electron chi connectivity index (χ2n) is 9.60. The maximum atomic E-state index is 12.2. The van der Waals surface area contributed by atoms with Gasteiger partial charge in [0.15, 0.2) is 11.5 Å². The lowest BCUT2D eigenvalue weighted by atomic mass is 10.1. The molecule has 0 aliphatic rings. The van der Waals surface area contributed by atoms with Crippen LogP contribution < -0.4 is 14.8 Å². The Balaban J connectivity index is 1.24. The Morgan fingerprint density at radius 1 is 0.949 bits per heavy atom. The van der Waals surface area contributed by atoms with E-state index in [0.29, 0.717) is 19.6 Å². The number of benzene rings is 3. The molecule has 0 radical (unpaired) electrons. The molecule has 0 aliphatic heterocycles. The van der Waals surface area contributed by atoms with Crippen molar-refractivity contribution in [1.82, 2.24) is 14.9 Å². The van der Waals surface area contributed by atoms with Crippen molar-refractivity contribution >= 4 is 23.0 Å². The molecule has 1 aromatic heterocycles. The van der Waals surface area contributed by atoms with Crippen LogP contribution in [0.4, 0.5) is 0 Å². The van der Waals surface area contributed by atoms with Crippen LogP contribution in [0.2, 0.25) is 0 Å². The number of ether oxygens (including phenoxy) is 2. The molecule has 0 aliphatic carbocycles. The van der Waals surface area contributed by atoms with E-state index in [9.17, 15) is 4.79 Å². The number of aromatic nitrogens is 2. The number of hydrogen-bond donors (Lipinski definition) is 1. The maximum absolute atomic E-state index is 12.2. The number of carbonyl (C=O) groups is 1. The molecule has 0 unspecified atom stereocenters. The molecule has 1 N–H and O–H groups in total. The summed E-state index contributed by atoms with van der Waals surface area (Å²) in [6.45, 7) is 4.13. The van der Waals surface area contributed by atoms with E-state index in [2.05, 4.69) is 28.1 Å². The largest absolute Gasteiger partial charge is 0.493 e. The smallest absolute Gasteiger partial charge is 0.224 e. The number of carbonyl (C=O) groups excluding carboxylic acids is 1. The number of fused-ring (bicyclic) bond motifs is 1. The summed E-state index contributed by atoms with van der Waals surface area (Å²) in [5.41, 5.74) is 4.32. The Bertz CT molecular complexity index is 1360. The van der Waals surface area contributed by atoms with E-state index in [0.717, 1.165) is 78.1 Å². The first-order valence-electron chi connectivity index (χ1n) is 13.9. The van der Waals surface area contributed by atoms with Crippen molar-refractivity contribution in [2.45, 2.75) is 52.0 Å². The van der Waals surface area contributed by atoms with E-state index in [1.54, 1.807) is 7.11 Å². The lowest BCUT2D eigenvalue weighted by molar-refractivity contribution is -0.120. The number of rotatable bonds is 15. The number of allylic oxidation sites excluding steroid dienone is 1. The number of amides is 1. The number of methoxy groups -OCH3 is 1. The molecular formula is C33H39N3O3. The van der Waals surface area contributed by atoms with Crippen LogP contribution in [0.25, 0.3) is 17.1 Å². The van der Waals surface area contributed by atoms with Crippen LogP contribution in [0.3, 0.4) is 0 Å². The molecule has 0 bridgehead atoms. The third-order valence-corrected chi connectivity index (χ3v) is 6.67. The number of nitrogens with zero attached hydrogens (tertiary/aromatic N) is 2. The van der Waals surface area contributed by atoms with Crippen LogP contribution in [0.15, 0.2) is 78.9 Å². The van der Waals surface area contributed by atoms with Gasteiger partial charge in [0.1, 0.15) is 5.82 Å². The van der Waals surface area contributed by atoms with Gasteiger partial charge >= 0.3 is 0 Å². The summed E-state index contributed by atoms with van der Waals surface area (Å²) in [6.07, 6.45) is 9.29. The van der Waals surface area contributed by atoms with Gasteiger partial charge in [0.25, 0.3) is 0 Å². The molecule has 1 heterocycles. The predicted octanol–water partition coefficient (Wildman–Crippen LogP) is 6.62. The molecule has 204 valence electrons. The van der Waals surface area contributed by atoms with Gasteiger partial charge in [-0.25, -0.2) is 4.98 Å². The average Bonchev–Trinajstić information content (AvgIpc) is 3.31. The molecular weight excluding hydrogens is 486 g/mol. The van der Waals surface area contributed by atoms with E-state index in [1.807, 2.05) is 73.7 Å². The zero-order valence-electron chi connectivity index (χ0n) is 23.1. The fourth-order valence-corrected chi connectivity index (χ4v) is 4.73. The topological polar surface area (TPSA) is 65.4 Å². The van der Waals surface area contributed by atoms with E-state index in [1.165, 1.54) is 0 Å². The Hall–Kier alpha value is -4.06. The van der Waals surface area contributed by atoms with Crippen LogP contribution in [0.5, 0.6) is 11.5 Å². The van der Waals surface area contributed by atoms with Crippen molar-refractivity contribution in [1.29, 1.82) is 0 Å². The lowest BCUT2D eigenvalue weighted by Crippen LogP contribution is -2.26. The summed E-state index contributed by atoms with van der Waals surface area (Å²) in [5.74, 6) is 2.70. The number of unbranched alkanes of at least 4 members (excludes halogenated alkanes) is 2. The number of imidazole rings is 1. The third kappa shape index (κ3) is 8.21. The molecule has 0 fully saturated rings. The van der Waals surface area contributed by atoms with Gasteiger partial charge in [0.2, 0.25) is 5.91 Å². The highest BCUT2D eigenvalue weighted by Crippen LogP contribution is 2.29. The number of hydrogen-bond acceptors (Lipinski definition) is 4. The molecule has 6 nitrogen and oxygen atoms in total. The van der Waals surface area contributed by atoms with Crippen LogP contribution in [0.1, 0.15) is 49.6 Å². The minimum absolute atomic E-state index is 0.0802. The molecule has 0 saturated heterocycles. The van der Waals surface area contributed by atoms with Crippen molar-refractivity contribution in [2.24, 2.45) is 0 Å². The van der Waals surface area contributed by atoms with Crippen molar-refractivity contribution in [3.05, 3.63) is 95.8 Å². The van der Waals surface area contributed by atoms with Gasteiger partial charge in [-0.2, -0.15) is 0 Å². The fourth-order valence-electron chi connectivity index (χ4n) is 4.73. The Morgan fingerprint density at radius 2 is 1.77 bits per heavy atom. The molecule has 0 atom stereocenters. The number of aryl methyl sites for hydroxylation is 2. The van der Waals surface area contributed by atoms with Gasteiger partial charge in [0, 0.05) is 19.5 Å². The Morgan fingerprint density at radius 3 is 2.59 bits per heavy atom. The fraction of sp³-hybridized carbons (Fsp3) is 0.333. The van der Waals surface area contributed by atoms with Crippen molar-refractivity contribution in [3.8, 4) is 11.5 Å². The normalized spacial score (nSPS) is 11.2. The first kappa shape index (κ1) is 28.0. The summed E-state index contributed by atoms with van der Waals surface area (Å²) < 4.78 is 13.9. The predicted molar refractivity (Wildman–Crippen MR) is 158 cm³/mol. The van der Waals surface area contributed by atoms with E-state index >= 15 is 0 Å². The second-order valence-corrected chi connectivity index (χ2v) is 9.60. The van der Waals surface area contributed by atoms with E-state index in [4.69, 9.17) is 14.5 Å². The standard InChI is InChI=1S/C33H39N3O3/c1-3-13-26-19-20-30(31(24-26)38-2)39-23-12-22-36-29-17-10-9-16-28(29)35-32(36)18-8-5-11-21-34-33(37)25-27-14-6-4-7-15-27/h3-4,6-7,9-10,13-17,19-20,24H,5,8,11-12,18,21-23,25H2,1-2H3,(H,34,37)/b13-3+. The monoisotopic (exact) mass is 525 g/mol. The summed E-state index contributed by atoms with van der Waals surface area (Å²) in [4.78, 5) is 17.1. The van der Waals surface area contributed by atoms with Crippen LogP contribution in [-0.4, -0.2) is 35.7 Å². The van der Waals surface area contributed by atoms with Gasteiger partial charge in [-0.1, -0.05) is 67.1 Å². The average molecular weight is 526 g/mol. The highest BCUT2D eigenvalue weighted by Gasteiger charge is 2.11. The summed E-state index contributed by atoms with van der Waals surface area (Å²) in [7, 11) is 1.67. The summed E-state index contributed by atoms with van der Waals surface area (Å²) >= 11 is 0. The zero-order valence-corrected chi connectivity index (χ0v) is 23.1. The van der Waals surface area contributed by atoms with Gasteiger partial charge in [-0.15, -0.1) is 0 Å². The molecule has 39 heavy (non-hydrogen) atoms. The SMILES string of the molecule is C/C=C/c1ccc(OCCCn2c(CCCCCNC(=O)Cc3ccccc3)nc3ccccc32)c(OC)c1. The second kappa shape index (κ2) is 14.8. The molecule has 3 aromatic carbocycles. The van der Waals surface area contributed by atoms with Gasteiger partial charge in [0.05, 0.1) is 31.2 Å². The minimum atomic E-state index is 0.0802. The lowest BCUT2D eigenvalue weighted by Gasteiger charge is -2.13. The first-order chi connectivity index (χ1) is 19.2. The molecule has 6 heteroatoms. The van der Waals surface area contributed by atoms with Gasteiger partial charge < -0.3 is 19.4 Å². The molecule has 4 aromatic rings. The Kier molecular flexibility index (Phi) is 10.6. The maximum Gasteiger partial charge on any atom is 0.224 e. The van der Waals surface area contributed by atoms with Gasteiger partial charge in [-0.3, -0.25) is 4.79 Å². The summed E-state index contributed by atoms with van der Waals surface area (Å²) in [6, 6.07) is 24.2.